The molecule has 1 N–H and O–H groups in total. The molecule has 1 saturated heterocycles. The maximum atomic E-state index is 14.2. The summed E-state index contributed by atoms with van der Waals surface area (Å²) in [5.74, 6) is -0.114. The standard InChI is InChI=1S/C16H24FNOS/c1-4-8-18-11(2)13-5-6-16(14(17)10-13)20-15-7-9-19-12(15)3/h5-6,10-12,15,18H,4,7-9H2,1-3H3. The Morgan fingerprint density at radius 3 is 2.90 bits per heavy atom. The topological polar surface area (TPSA) is 21.3 Å². The van der Waals surface area contributed by atoms with Crippen molar-refractivity contribution in [3.63, 3.8) is 0 Å². The van der Waals surface area contributed by atoms with Crippen LogP contribution in [-0.4, -0.2) is 24.5 Å². The van der Waals surface area contributed by atoms with Crippen LogP contribution in [0, 0.1) is 5.82 Å². The van der Waals surface area contributed by atoms with E-state index in [1.165, 1.54) is 0 Å². The third-order valence-corrected chi connectivity index (χ3v) is 5.25. The molecule has 1 fully saturated rings. The van der Waals surface area contributed by atoms with Crippen LogP contribution in [0.2, 0.25) is 0 Å². The summed E-state index contributed by atoms with van der Waals surface area (Å²) >= 11 is 1.60. The molecule has 1 aliphatic rings. The van der Waals surface area contributed by atoms with Gasteiger partial charge in [-0.2, -0.15) is 0 Å². The van der Waals surface area contributed by atoms with Crippen molar-refractivity contribution >= 4 is 11.8 Å². The predicted molar refractivity (Wildman–Crippen MR) is 82.8 cm³/mol. The average molecular weight is 297 g/mol. The maximum Gasteiger partial charge on any atom is 0.137 e. The van der Waals surface area contributed by atoms with Crippen LogP contribution in [-0.2, 0) is 4.74 Å². The summed E-state index contributed by atoms with van der Waals surface area (Å²) in [7, 11) is 0. The van der Waals surface area contributed by atoms with E-state index in [1.807, 2.05) is 12.1 Å². The number of rotatable bonds is 6. The van der Waals surface area contributed by atoms with Gasteiger partial charge >= 0.3 is 0 Å². The minimum atomic E-state index is -0.114. The highest BCUT2D eigenvalue weighted by molar-refractivity contribution is 8.00. The number of hydrogen-bond acceptors (Lipinski definition) is 3. The zero-order chi connectivity index (χ0) is 14.5. The van der Waals surface area contributed by atoms with Gasteiger partial charge < -0.3 is 10.1 Å². The van der Waals surface area contributed by atoms with Gasteiger partial charge in [0, 0.05) is 22.8 Å². The quantitative estimate of drug-likeness (QED) is 0.852. The van der Waals surface area contributed by atoms with Crippen molar-refractivity contribution in [2.75, 3.05) is 13.2 Å². The first kappa shape index (κ1) is 15.8. The number of halogens is 1. The van der Waals surface area contributed by atoms with Crippen molar-refractivity contribution in [2.24, 2.45) is 0 Å². The van der Waals surface area contributed by atoms with Gasteiger partial charge in [-0.05, 0) is 50.9 Å². The number of thioether (sulfide) groups is 1. The van der Waals surface area contributed by atoms with E-state index >= 15 is 0 Å². The predicted octanol–water partition coefficient (Wildman–Crippen LogP) is 4.16. The molecule has 0 radical (unpaired) electrons. The van der Waals surface area contributed by atoms with Crippen molar-refractivity contribution in [2.45, 2.75) is 55.9 Å². The van der Waals surface area contributed by atoms with Crippen LogP contribution >= 0.6 is 11.8 Å². The Kier molecular flexibility index (Phi) is 5.87. The summed E-state index contributed by atoms with van der Waals surface area (Å²) in [6.45, 7) is 8.01. The number of ether oxygens (including phenoxy) is 1. The number of hydrogen-bond donors (Lipinski definition) is 1. The molecule has 4 heteroatoms. The molecule has 0 spiro atoms. The van der Waals surface area contributed by atoms with E-state index in [0.717, 1.165) is 36.5 Å². The smallest absolute Gasteiger partial charge is 0.137 e. The second kappa shape index (κ2) is 7.43. The van der Waals surface area contributed by atoms with Crippen LogP contribution in [0.15, 0.2) is 23.1 Å². The monoisotopic (exact) mass is 297 g/mol. The van der Waals surface area contributed by atoms with Crippen molar-refractivity contribution in [3.05, 3.63) is 29.6 Å². The van der Waals surface area contributed by atoms with Gasteiger partial charge in [-0.25, -0.2) is 4.39 Å². The normalized spacial score (nSPS) is 24.0. The van der Waals surface area contributed by atoms with Gasteiger partial charge in [0.2, 0.25) is 0 Å². The summed E-state index contributed by atoms with van der Waals surface area (Å²) in [6, 6.07) is 5.79. The molecule has 0 aliphatic carbocycles. The van der Waals surface area contributed by atoms with Crippen LogP contribution < -0.4 is 5.32 Å². The molecule has 2 rings (SSSR count). The minimum absolute atomic E-state index is 0.114. The Bertz CT molecular complexity index is 440. The fourth-order valence-corrected chi connectivity index (χ4v) is 3.52. The zero-order valence-electron chi connectivity index (χ0n) is 12.5. The SMILES string of the molecule is CCCNC(C)c1ccc(SC2CCOC2C)c(F)c1. The van der Waals surface area contributed by atoms with Crippen LogP contribution in [0.4, 0.5) is 4.39 Å². The lowest BCUT2D eigenvalue weighted by atomic mass is 10.1. The molecule has 1 aromatic carbocycles. The molecule has 0 bridgehead atoms. The van der Waals surface area contributed by atoms with Gasteiger partial charge in [-0.15, -0.1) is 11.8 Å². The lowest BCUT2D eigenvalue weighted by Crippen LogP contribution is -2.19. The molecular formula is C16H24FNOS. The Hall–Kier alpha value is -0.580. The fourth-order valence-electron chi connectivity index (χ4n) is 2.39. The number of benzene rings is 1. The van der Waals surface area contributed by atoms with Crippen LogP contribution in [0.25, 0.3) is 0 Å². The average Bonchev–Trinajstić information content (AvgIpc) is 2.84. The Morgan fingerprint density at radius 2 is 2.30 bits per heavy atom. The second-order valence-corrected chi connectivity index (χ2v) is 6.67. The zero-order valence-corrected chi connectivity index (χ0v) is 13.3. The van der Waals surface area contributed by atoms with Gasteiger partial charge in [-0.1, -0.05) is 13.0 Å². The highest BCUT2D eigenvalue weighted by Gasteiger charge is 2.26. The molecule has 0 saturated carbocycles. The molecule has 0 aromatic heterocycles. The molecule has 1 heterocycles. The van der Waals surface area contributed by atoms with Gasteiger partial charge in [0.05, 0.1) is 6.10 Å². The van der Waals surface area contributed by atoms with Crippen molar-refractivity contribution in [1.29, 1.82) is 0 Å². The Morgan fingerprint density at radius 1 is 1.50 bits per heavy atom. The van der Waals surface area contributed by atoms with Crippen molar-refractivity contribution in [1.82, 2.24) is 5.32 Å². The van der Waals surface area contributed by atoms with Crippen LogP contribution in [0.3, 0.4) is 0 Å². The van der Waals surface area contributed by atoms with E-state index in [9.17, 15) is 4.39 Å². The van der Waals surface area contributed by atoms with Crippen LogP contribution in [0.1, 0.15) is 45.2 Å². The van der Waals surface area contributed by atoms with Gasteiger partial charge in [0.15, 0.2) is 0 Å². The lowest BCUT2D eigenvalue weighted by Gasteiger charge is -2.17. The molecule has 112 valence electrons. The summed E-state index contributed by atoms with van der Waals surface area (Å²) in [5.41, 5.74) is 1.01. The van der Waals surface area contributed by atoms with Gasteiger partial charge in [-0.3, -0.25) is 0 Å². The molecular weight excluding hydrogens is 273 g/mol. The first-order valence-corrected chi connectivity index (χ1v) is 8.31. The molecule has 1 aliphatic heterocycles. The summed E-state index contributed by atoms with van der Waals surface area (Å²) < 4.78 is 19.8. The number of nitrogens with one attached hydrogen (secondary N) is 1. The third kappa shape index (κ3) is 3.96. The van der Waals surface area contributed by atoms with Crippen molar-refractivity contribution in [3.8, 4) is 0 Å². The Balaban J connectivity index is 2.01. The van der Waals surface area contributed by atoms with E-state index in [2.05, 4.69) is 26.1 Å². The maximum absolute atomic E-state index is 14.2. The minimum Gasteiger partial charge on any atom is -0.377 e. The molecule has 20 heavy (non-hydrogen) atoms. The lowest BCUT2D eigenvalue weighted by molar-refractivity contribution is 0.127. The molecule has 1 aromatic rings. The summed E-state index contributed by atoms with van der Waals surface area (Å²) in [5, 5.41) is 3.75. The van der Waals surface area contributed by atoms with Gasteiger partial charge in [0.1, 0.15) is 5.82 Å². The molecule has 3 unspecified atom stereocenters. The van der Waals surface area contributed by atoms with E-state index in [-0.39, 0.29) is 18.0 Å². The van der Waals surface area contributed by atoms with Crippen molar-refractivity contribution < 1.29 is 9.13 Å². The summed E-state index contributed by atoms with van der Waals surface area (Å²) in [6.07, 6.45) is 2.30. The second-order valence-electron chi connectivity index (χ2n) is 5.39. The van der Waals surface area contributed by atoms with Gasteiger partial charge in [0.25, 0.3) is 0 Å². The largest absolute Gasteiger partial charge is 0.377 e. The third-order valence-electron chi connectivity index (χ3n) is 3.74. The highest BCUT2D eigenvalue weighted by atomic mass is 32.2. The first-order chi connectivity index (χ1) is 9.61. The molecule has 2 nitrogen and oxygen atoms in total. The Labute approximate surface area is 125 Å². The van der Waals surface area contributed by atoms with Crippen LogP contribution in [0.5, 0.6) is 0 Å². The fraction of sp³-hybridized carbons (Fsp3) is 0.625. The van der Waals surface area contributed by atoms with E-state index in [0.29, 0.717) is 5.25 Å². The van der Waals surface area contributed by atoms with E-state index < -0.39 is 0 Å². The highest BCUT2D eigenvalue weighted by Crippen LogP contribution is 2.34. The summed E-state index contributed by atoms with van der Waals surface area (Å²) in [4.78, 5) is 0.735. The molecule has 0 amide bonds. The first-order valence-electron chi connectivity index (χ1n) is 7.43. The molecule has 3 atom stereocenters. The van der Waals surface area contributed by atoms with E-state index in [4.69, 9.17) is 4.74 Å². The van der Waals surface area contributed by atoms with E-state index in [1.54, 1.807) is 17.8 Å².